The summed E-state index contributed by atoms with van der Waals surface area (Å²) in [6.45, 7) is 4.27. The largest absolute Gasteiger partial charge is 0.346 e. The Morgan fingerprint density at radius 3 is 2.90 bits per heavy atom. The molecule has 0 bridgehead atoms. The Kier molecular flexibility index (Phi) is 3.87. The Balaban J connectivity index is 1.57. The highest BCUT2D eigenvalue weighted by atomic mass is 15.4. The molecule has 0 saturated heterocycles. The number of anilines is 1. The van der Waals surface area contributed by atoms with E-state index in [0.29, 0.717) is 6.04 Å². The fourth-order valence-electron chi connectivity index (χ4n) is 5.11. The van der Waals surface area contributed by atoms with E-state index in [9.17, 15) is 0 Å². The molecule has 30 heavy (non-hydrogen) atoms. The average molecular weight is 400 g/mol. The van der Waals surface area contributed by atoms with Crippen molar-refractivity contribution < 1.29 is 0 Å². The number of hydrogen-bond donors (Lipinski definition) is 1. The van der Waals surface area contributed by atoms with Crippen LogP contribution in [-0.2, 0) is 0 Å². The number of aromatic nitrogens is 7. The summed E-state index contributed by atoms with van der Waals surface area (Å²) >= 11 is 0. The first-order chi connectivity index (χ1) is 14.7. The van der Waals surface area contributed by atoms with Gasteiger partial charge in [0.25, 0.3) is 0 Å². The molecule has 0 radical (unpaired) electrons. The third-order valence-corrected chi connectivity index (χ3v) is 6.50. The summed E-state index contributed by atoms with van der Waals surface area (Å²) < 4.78 is 2.08. The fourth-order valence-corrected chi connectivity index (χ4v) is 5.11. The van der Waals surface area contributed by atoms with Gasteiger partial charge in [0.2, 0.25) is 0 Å². The van der Waals surface area contributed by atoms with Crippen molar-refractivity contribution in [2.24, 2.45) is 0 Å². The van der Waals surface area contributed by atoms with E-state index in [1.807, 2.05) is 18.5 Å². The van der Waals surface area contributed by atoms with Gasteiger partial charge in [-0.3, -0.25) is 4.57 Å². The lowest BCUT2D eigenvalue weighted by molar-refractivity contribution is 0.468. The standard InChI is InChI=1S/C22H24N8/c1-3-17-21-28-25-12-29(21)18-13(2)26-20(15-10-14-8-9-23-19(14)24-11-15)27-22(18)30(17)16-6-4-5-7-16/h8-12,16-17H,3-7H2,1-2H3,(H,23,24)/t17-/m1/s1. The third kappa shape index (κ3) is 2.49. The fraction of sp³-hybridized carbons (Fsp3) is 0.409. The van der Waals surface area contributed by atoms with E-state index < -0.39 is 0 Å². The van der Waals surface area contributed by atoms with Crippen molar-refractivity contribution in [3.8, 4) is 17.1 Å². The first kappa shape index (κ1) is 17.6. The van der Waals surface area contributed by atoms with Gasteiger partial charge in [-0.2, -0.15) is 0 Å². The van der Waals surface area contributed by atoms with E-state index in [1.54, 1.807) is 6.33 Å². The number of rotatable bonds is 3. The van der Waals surface area contributed by atoms with Gasteiger partial charge in [-0.1, -0.05) is 19.8 Å². The summed E-state index contributed by atoms with van der Waals surface area (Å²) in [5, 5.41) is 9.77. The molecule has 1 saturated carbocycles. The minimum Gasteiger partial charge on any atom is -0.346 e. The molecule has 1 fully saturated rings. The molecule has 1 N–H and O–H groups in total. The van der Waals surface area contributed by atoms with Crippen LogP contribution in [0.2, 0.25) is 0 Å². The quantitative estimate of drug-likeness (QED) is 0.556. The molecule has 152 valence electrons. The normalized spacial score (nSPS) is 18.7. The van der Waals surface area contributed by atoms with Crippen molar-refractivity contribution in [2.75, 3.05) is 4.90 Å². The number of pyridine rings is 1. The molecule has 0 amide bonds. The van der Waals surface area contributed by atoms with E-state index in [4.69, 9.17) is 9.97 Å². The Bertz CT molecular complexity index is 1230. The molecular formula is C22H24N8. The highest BCUT2D eigenvalue weighted by Crippen LogP contribution is 2.44. The summed E-state index contributed by atoms with van der Waals surface area (Å²) in [6.07, 6.45) is 11.4. The predicted molar refractivity (Wildman–Crippen MR) is 115 cm³/mol. The molecule has 1 aliphatic carbocycles. The highest BCUT2D eigenvalue weighted by molar-refractivity contribution is 5.80. The summed E-state index contributed by atoms with van der Waals surface area (Å²) in [7, 11) is 0. The minimum absolute atomic E-state index is 0.176. The maximum Gasteiger partial charge on any atom is 0.163 e. The predicted octanol–water partition coefficient (Wildman–Crippen LogP) is 4.12. The van der Waals surface area contributed by atoms with E-state index in [-0.39, 0.29) is 6.04 Å². The molecule has 6 rings (SSSR count). The van der Waals surface area contributed by atoms with Gasteiger partial charge in [-0.25, -0.2) is 15.0 Å². The first-order valence-electron chi connectivity index (χ1n) is 10.8. The van der Waals surface area contributed by atoms with Crippen molar-refractivity contribution in [1.82, 2.24) is 34.7 Å². The van der Waals surface area contributed by atoms with Gasteiger partial charge in [0.1, 0.15) is 17.7 Å². The van der Waals surface area contributed by atoms with Crippen LogP contribution in [0.3, 0.4) is 0 Å². The number of aryl methyl sites for hydroxylation is 1. The number of nitrogens with one attached hydrogen (secondary N) is 1. The second-order valence-corrected chi connectivity index (χ2v) is 8.27. The number of nitrogens with zero attached hydrogens (tertiary/aromatic N) is 7. The lowest BCUT2D eigenvalue weighted by atomic mass is 10.0. The van der Waals surface area contributed by atoms with Crippen LogP contribution in [-0.4, -0.2) is 40.7 Å². The second kappa shape index (κ2) is 6.62. The summed E-state index contributed by atoms with van der Waals surface area (Å²) in [5.41, 5.74) is 3.75. The lowest BCUT2D eigenvalue weighted by Gasteiger charge is -2.41. The first-order valence-corrected chi connectivity index (χ1v) is 10.8. The number of aromatic amines is 1. The summed E-state index contributed by atoms with van der Waals surface area (Å²) in [4.78, 5) is 20.2. The van der Waals surface area contributed by atoms with Crippen molar-refractivity contribution >= 4 is 16.9 Å². The second-order valence-electron chi connectivity index (χ2n) is 8.27. The maximum absolute atomic E-state index is 5.13. The van der Waals surface area contributed by atoms with Gasteiger partial charge >= 0.3 is 0 Å². The van der Waals surface area contributed by atoms with Crippen molar-refractivity contribution in [3.63, 3.8) is 0 Å². The molecule has 5 heterocycles. The topological polar surface area (TPSA) is 88.4 Å². The molecule has 4 aromatic rings. The summed E-state index contributed by atoms with van der Waals surface area (Å²) in [6, 6.07) is 4.78. The van der Waals surface area contributed by atoms with E-state index >= 15 is 0 Å². The highest BCUT2D eigenvalue weighted by Gasteiger charge is 2.39. The Hall–Kier alpha value is -3.29. The Morgan fingerprint density at radius 2 is 2.07 bits per heavy atom. The molecule has 4 aromatic heterocycles. The maximum atomic E-state index is 5.13. The third-order valence-electron chi connectivity index (χ3n) is 6.50. The average Bonchev–Trinajstić information content (AvgIpc) is 3.53. The zero-order valence-electron chi connectivity index (χ0n) is 17.2. The van der Waals surface area contributed by atoms with Crippen molar-refractivity contribution in [2.45, 2.75) is 58.0 Å². The van der Waals surface area contributed by atoms with Gasteiger partial charge in [0, 0.05) is 29.4 Å². The molecule has 1 aliphatic heterocycles. The van der Waals surface area contributed by atoms with Crippen LogP contribution in [0.15, 0.2) is 30.9 Å². The molecule has 8 heteroatoms. The minimum atomic E-state index is 0.176. The van der Waals surface area contributed by atoms with Gasteiger partial charge in [0.05, 0.1) is 11.7 Å². The van der Waals surface area contributed by atoms with Gasteiger partial charge in [0.15, 0.2) is 17.5 Å². The Morgan fingerprint density at radius 1 is 1.20 bits per heavy atom. The van der Waals surface area contributed by atoms with Crippen LogP contribution in [0, 0.1) is 6.92 Å². The molecule has 1 atom stereocenters. The zero-order valence-corrected chi connectivity index (χ0v) is 17.2. The van der Waals surface area contributed by atoms with Crippen LogP contribution in [0.25, 0.3) is 28.1 Å². The Labute approximate surface area is 174 Å². The molecule has 2 aliphatic rings. The van der Waals surface area contributed by atoms with E-state index in [0.717, 1.165) is 51.9 Å². The van der Waals surface area contributed by atoms with Crippen LogP contribution >= 0.6 is 0 Å². The van der Waals surface area contributed by atoms with Gasteiger partial charge in [-0.05, 0) is 38.3 Å². The van der Waals surface area contributed by atoms with Crippen molar-refractivity contribution in [1.29, 1.82) is 0 Å². The number of fused-ring (bicyclic) bond motifs is 4. The molecule has 0 aromatic carbocycles. The van der Waals surface area contributed by atoms with E-state index in [2.05, 4.69) is 49.5 Å². The lowest BCUT2D eigenvalue weighted by Crippen LogP contribution is -2.42. The van der Waals surface area contributed by atoms with E-state index in [1.165, 1.54) is 25.7 Å². The zero-order chi connectivity index (χ0) is 20.2. The molecule has 8 nitrogen and oxygen atoms in total. The number of H-pyrrole nitrogens is 1. The van der Waals surface area contributed by atoms with Crippen LogP contribution < -0.4 is 4.90 Å². The van der Waals surface area contributed by atoms with Crippen LogP contribution in [0.4, 0.5) is 5.82 Å². The SMILES string of the molecule is CC[C@@H]1c2nncn2-c2c(C)nc(-c3cnc4[nH]ccc4c3)nc2N1C1CCCC1. The van der Waals surface area contributed by atoms with Gasteiger partial charge < -0.3 is 9.88 Å². The molecule has 0 unspecified atom stereocenters. The van der Waals surface area contributed by atoms with Gasteiger partial charge in [-0.15, -0.1) is 10.2 Å². The monoisotopic (exact) mass is 400 g/mol. The number of hydrogen-bond acceptors (Lipinski definition) is 6. The molecule has 0 spiro atoms. The smallest absolute Gasteiger partial charge is 0.163 e. The van der Waals surface area contributed by atoms with Crippen molar-refractivity contribution in [3.05, 3.63) is 42.4 Å². The molecular weight excluding hydrogens is 376 g/mol. The van der Waals surface area contributed by atoms with Crippen LogP contribution in [0.1, 0.15) is 56.6 Å². The van der Waals surface area contributed by atoms with Crippen LogP contribution in [0.5, 0.6) is 0 Å². The summed E-state index contributed by atoms with van der Waals surface area (Å²) in [5.74, 6) is 2.71.